The van der Waals surface area contributed by atoms with Crippen molar-refractivity contribution in [1.82, 2.24) is 0 Å². The van der Waals surface area contributed by atoms with Crippen LogP contribution >= 0.6 is 24.0 Å². The predicted molar refractivity (Wildman–Crippen MR) is 99.6 cm³/mol. The molecule has 0 saturated heterocycles. The molecule has 1 aliphatic carbocycles. The molecule has 21 heavy (non-hydrogen) atoms. The van der Waals surface area contributed by atoms with Gasteiger partial charge in [-0.1, -0.05) is 38.3 Å². The van der Waals surface area contributed by atoms with Gasteiger partial charge < -0.3 is 15.8 Å². The summed E-state index contributed by atoms with van der Waals surface area (Å²) in [7, 11) is 1.65. The van der Waals surface area contributed by atoms with E-state index in [1.165, 1.54) is 25.7 Å². The largest absolute Gasteiger partial charge is 0.495 e. The third-order valence-electron chi connectivity index (χ3n) is 4.15. The molecule has 2 rings (SSSR count). The Hall–Kier alpha value is -0.980. The summed E-state index contributed by atoms with van der Waals surface area (Å²) < 4.78 is 5.28. The minimum absolute atomic E-state index is 0. The monoisotopic (exact) mass is 403 g/mol. The second kappa shape index (κ2) is 9.12. The maximum Gasteiger partial charge on any atom is 0.193 e. The molecule has 0 aliphatic heterocycles. The number of halogens is 1. The Labute approximate surface area is 144 Å². The van der Waals surface area contributed by atoms with Crippen molar-refractivity contribution < 1.29 is 4.74 Å². The highest BCUT2D eigenvalue weighted by Gasteiger charge is 2.20. The van der Waals surface area contributed by atoms with Gasteiger partial charge in [0, 0.05) is 6.54 Å². The third kappa shape index (κ3) is 5.37. The molecule has 0 heterocycles. The molecule has 5 heteroatoms. The lowest BCUT2D eigenvalue weighted by atomic mass is 9.80. The van der Waals surface area contributed by atoms with Gasteiger partial charge in [-0.2, -0.15) is 0 Å². The van der Waals surface area contributed by atoms with Gasteiger partial charge in [0.05, 0.1) is 12.8 Å². The van der Waals surface area contributed by atoms with E-state index < -0.39 is 0 Å². The molecule has 0 bridgehead atoms. The molecule has 3 N–H and O–H groups in total. The molecule has 1 saturated carbocycles. The summed E-state index contributed by atoms with van der Waals surface area (Å²) in [5.41, 5.74) is 6.83. The summed E-state index contributed by atoms with van der Waals surface area (Å²) in [6.07, 6.45) is 5.27. The number of anilines is 1. The van der Waals surface area contributed by atoms with Gasteiger partial charge >= 0.3 is 0 Å². The van der Waals surface area contributed by atoms with Crippen LogP contribution in [0.4, 0.5) is 5.69 Å². The van der Waals surface area contributed by atoms with Crippen molar-refractivity contribution in [3.8, 4) is 5.75 Å². The smallest absolute Gasteiger partial charge is 0.193 e. The van der Waals surface area contributed by atoms with Crippen LogP contribution in [0, 0.1) is 11.8 Å². The maximum atomic E-state index is 5.98. The first kappa shape index (κ1) is 18.1. The molecule has 0 radical (unpaired) electrons. The number of benzene rings is 1. The molecule has 118 valence electrons. The Balaban J connectivity index is 0.00000220. The van der Waals surface area contributed by atoms with E-state index in [0.717, 1.165) is 23.9 Å². The summed E-state index contributed by atoms with van der Waals surface area (Å²) in [4.78, 5) is 4.50. The number of nitrogens with one attached hydrogen (secondary N) is 1. The third-order valence-corrected chi connectivity index (χ3v) is 4.15. The van der Waals surface area contributed by atoms with E-state index in [1.807, 2.05) is 24.3 Å². The number of nitrogens with two attached hydrogens (primary N) is 1. The standard InChI is InChI=1S/C16H25N3O.HI/c1-12-7-3-4-8-13(12)11-18-16(17)19-14-9-5-6-10-15(14)20-2;/h5-6,9-10,12-13H,3-4,7-8,11H2,1-2H3,(H3,17,18,19);1H. The van der Waals surface area contributed by atoms with Crippen LogP contribution in [-0.2, 0) is 0 Å². The van der Waals surface area contributed by atoms with Crippen LogP contribution in [0.5, 0.6) is 5.75 Å². The molecular formula is C16H26IN3O. The fourth-order valence-corrected chi connectivity index (χ4v) is 2.81. The fraction of sp³-hybridized carbons (Fsp3) is 0.562. The van der Waals surface area contributed by atoms with Crippen molar-refractivity contribution >= 4 is 35.6 Å². The second-order valence-electron chi connectivity index (χ2n) is 5.57. The van der Waals surface area contributed by atoms with Crippen molar-refractivity contribution in [3.63, 3.8) is 0 Å². The second-order valence-corrected chi connectivity index (χ2v) is 5.57. The molecule has 1 fully saturated rings. The number of hydrogen-bond acceptors (Lipinski definition) is 2. The van der Waals surface area contributed by atoms with Gasteiger partial charge in [-0.3, -0.25) is 4.99 Å². The number of methoxy groups -OCH3 is 1. The number of para-hydroxylation sites is 2. The average molecular weight is 403 g/mol. The van der Waals surface area contributed by atoms with Gasteiger partial charge in [-0.25, -0.2) is 0 Å². The number of nitrogens with zero attached hydrogens (tertiary/aromatic N) is 1. The number of aliphatic imine (C=N–C) groups is 1. The summed E-state index contributed by atoms with van der Waals surface area (Å²) in [6, 6.07) is 7.71. The molecule has 0 spiro atoms. The average Bonchev–Trinajstić information content (AvgIpc) is 2.47. The van der Waals surface area contributed by atoms with Crippen molar-refractivity contribution in [1.29, 1.82) is 0 Å². The number of ether oxygens (including phenoxy) is 1. The van der Waals surface area contributed by atoms with Crippen LogP contribution in [-0.4, -0.2) is 19.6 Å². The highest BCUT2D eigenvalue weighted by atomic mass is 127. The van der Waals surface area contributed by atoms with E-state index in [1.54, 1.807) is 7.11 Å². The van der Waals surface area contributed by atoms with Crippen LogP contribution in [0.2, 0.25) is 0 Å². The lowest BCUT2D eigenvalue weighted by Crippen LogP contribution is -2.26. The Kier molecular flexibility index (Phi) is 7.85. The summed E-state index contributed by atoms with van der Waals surface area (Å²) in [5.74, 6) is 2.66. The Morgan fingerprint density at radius 1 is 1.33 bits per heavy atom. The Morgan fingerprint density at radius 2 is 2.05 bits per heavy atom. The van der Waals surface area contributed by atoms with E-state index in [0.29, 0.717) is 11.9 Å². The first-order valence-corrected chi connectivity index (χ1v) is 7.40. The van der Waals surface area contributed by atoms with Crippen molar-refractivity contribution in [3.05, 3.63) is 24.3 Å². The summed E-state index contributed by atoms with van der Waals surface area (Å²) in [6.45, 7) is 3.14. The van der Waals surface area contributed by atoms with E-state index >= 15 is 0 Å². The molecular weight excluding hydrogens is 377 g/mol. The van der Waals surface area contributed by atoms with Crippen LogP contribution in [0.3, 0.4) is 0 Å². The molecule has 0 amide bonds. The van der Waals surface area contributed by atoms with E-state index in [2.05, 4.69) is 17.2 Å². The van der Waals surface area contributed by atoms with Gasteiger partial charge in [0.15, 0.2) is 5.96 Å². The van der Waals surface area contributed by atoms with Gasteiger partial charge in [-0.05, 0) is 30.4 Å². The highest BCUT2D eigenvalue weighted by molar-refractivity contribution is 14.0. The van der Waals surface area contributed by atoms with Gasteiger partial charge in [0.2, 0.25) is 0 Å². The minimum atomic E-state index is 0. The van der Waals surface area contributed by atoms with Crippen molar-refractivity contribution in [2.45, 2.75) is 32.6 Å². The Morgan fingerprint density at radius 3 is 2.76 bits per heavy atom. The van der Waals surface area contributed by atoms with E-state index in [-0.39, 0.29) is 24.0 Å². The van der Waals surface area contributed by atoms with Gasteiger partial charge in [-0.15, -0.1) is 24.0 Å². The van der Waals surface area contributed by atoms with Crippen LogP contribution < -0.4 is 15.8 Å². The minimum Gasteiger partial charge on any atom is -0.495 e. The topological polar surface area (TPSA) is 59.6 Å². The van der Waals surface area contributed by atoms with Crippen molar-refractivity contribution in [2.24, 2.45) is 22.6 Å². The number of rotatable bonds is 4. The molecule has 0 aromatic heterocycles. The first-order valence-electron chi connectivity index (χ1n) is 7.40. The Bertz CT molecular complexity index is 465. The number of hydrogen-bond donors (Lipinski definition) is 2. The summed E-state index contributed by atoms with van der Waals surface area (Å²) in [5, 5.41) is 3.12. The number of guanidine groups is 1. The van der Waals surface area contributed by atoms with Crippen LogP contribution in [0.25, 0.3) is 0 Å². The van der Waals surface area contributed by atoms with E-state index in [9.17, 15) is 0 Å². The first-order chi connectivity index (χ1) is 9.70. The van der Waals surface area contributed by atoms with Crippen LogP contribution in [0.1, 0.15) is 32.6 Å². The van der Waals surface area contributed by atoms with E-state index in [4.69, 9.17) is 10.5 Å². The molecule has 1 aromatic carbocycles. The zero-order chi connectivity index (χ0) is 14.4. The molecule has 2 unspecified atom stereocenters. The molecule has 1 aliphatic rings. The van der Waals surface area contributed by atoms with Gasteiger partial charge in [0.25, 0.3) is 0 Å². The van der Waals surface area contributed by atoms with Crippen molar-refractivity contribution in [2.75, 3.05) is 19.0 Å². The lowest BCUT2D eigenvalue weighted by Gasteiger charge is -2.27. The molecule has 1 aromatic rings. The SMILES string of the molecule is COc1ccccc1NC(N)=NCC1CCCCC1C.I. The highest BCUT2D eigenvalue weighted by Crippen LogP contribution is 2.29. The quantitative estimate of drug-likeness (QED) is 0.456. The maximum absolute atomic E-state index is 5.98. The van der Waals surface area contributed by atoms with Crippen LogP contribution in [0.15, 0.2) is 29.3 Å². The normalized spacial score (nSPS) is 22.3. The van der Waals surface area contributed by atoms with Gasteiger partial charge in [0.1, 0.15) is 5.75 Å². The zero-order valence-electron chi connectivity index (χ0n) is 12.8. The molecule has 2 atom stereocenters. The molecule has 4 nitrogen and oxygen atoms in total. The zero-order valence-corrected chi connectivity index (χ0v) is 15.2. The lowest BCUT2D eigenvalue weighted by molar-refractivity contribution is 0.264. The predicted octanol–water partition coefficient (Wildman–Crippen LogP) is 3.87. The summed E-state index contributed by atoms with van der Waals surface area (Å²) >= 11 is 0. The fourth-order valence-electron chi connectivity index (χ4n) is 2.81.